The van der Waals surface area contributed by atoms with E-state index in [9.17, 15) is 14.4 Å². The van der Waals surface area contributed by atoms with Crippen molar-refractivity contribution < 1.29 is 19.5 Å². The van der Waals surface area contributed by atoms with Gasteiger partial charge >= 0.3 is 12.0 Å². The summed E-state index contributed by atoms with van der Waals surface area (Å²) in [6.45, 7) is 2.33. The van der Waals surface area contributed by atoms with Crippen LogP contribution in [0.15, 0.2) is 24.3 Å². The molecule has 3 amide bonds. The van der Waals surface area contributed by atoms with Crippen LogP contribution in [-0.4, -0.2) is 53.1 Å². The van der Waals surface area contributed by atoms with Gasteiger partial charge in [0.25, 0.3) is 0 Å². The zero-order valence-corrected chi connectivity index (χ0v) is 15.4. The van der Waals surface area contributed by atoms with Crippen molar-refractivity contribution in [1.82, 2.24) is 10.2 Å². The molecule has 0 aromatic heterocycles. The van der Waals surface area contributed by atoms with Crippen LogP contribution in [0, 0.1) is 5.92 Å². The lowest BCUT2D eigenvalue weighted by molar-refractivity contribution is -0.139. The predicted molar refractivity (Wildman–Crippen MR) is 102 cm³/mol. The minimum absolute atomic E-state index is 0.0454. The summed E-state index contributed by atoms with van der Waals surface area (Å²) in [6, 6.07) is 6.90. The number of nitrogens with zero attached hydrogens (tertiary/aromatic N) is 1. The molecule has 2 saturated carbocycles. The number of carbonyl (C=O) groups excluding carboxylic acids is 2. The molecule has 4 N–H and O–H groups in total. The van der Waals surface area contributed by atoms with E-state index in [0.717, 1.165) is 19.4 Å². The van der Waals surface area contributed by atoms with Gasteiger partial charge in [0.15, 0.2) is 0 Å². The third kappa shape index (κ3) is 5.96. The maximum Gasteiger partial charge on any atom is 0.319 e. The Morgan fingerprint density at radius 2 is 1.81 bits per heavy atom. The van der Waals surface area contributed by atoms with Crippen molar-refractivity contribution in [3.63, 3.8) is 0 Å². The fourth-order valence-electron chi connectivity index (χ4n) is 3.38. The van der Waals surface area contributed by atoms with E-state index < -0.39 is 5.97 Å². The van der Waals surface area contributed by atoms with E-state index in [2.05, 4.69) is 16.0 Å². The number of hydrogen-bond donors (Lipinski definition) is 4. The number of rotatable bonds is 8. The smallest absolute Gasteiger partial charge is 0.319 e. The van der Waals surface area contributed by atoms with Crippen molar-refractivity contribution in [2.75, 3.05) is 23.7 Å². The van der Waals surface area contributed by atoms with Gasteiger partial charge in [-0.3, -0.25) is 14.5 Å². The molecule has 0 bridgehead atoms. The Bertz CT molecular complexity index is 713. The minimum atomic E-state index is -0.802. The van der Waals surface area contributed by atoms with E-state index in [1.54, 1.807) is 24.3 Å². The fourth-order valence-corrected chi connectivity index (χ4v) is 3.38. The van der Waals surface area contributed by atoms with Gasteiger partial charge in [-0.2, -0.15) is 0 Å². The van der Waals surface area contributed by atoms with Gasteiger partial charge in [-0.25, -0.2) is 4.79 Å². The molecule has 8 heteroatoms. The summed E-state index contributed by atoms with van der Waals surface area (Å²) in [4.78, 5) is 36.4. The molecule has 1 aromatic rings. The van der Waals surface area contributed by atoms with Crippen LogP contribution in [0.1, 0.15) is 32.6 Å². The van der Waals surface area contributed by atoms with Crippen LogP contribution in [0.25, 0.3) is 0 Å². The molecule has 0 spiro atoms. The topological polar surface area (TPSA) is 111 Å². The summed E-state index contributed by atoms with van der Waals surface area (Å²) in [5, 5.41) is 17.4. The fraction of sp³-hybridized carbons (Fsp3) is 0.526. The summed E-state index contributed by atoms with van der Waals surface area (Å²) in [5.74, 6) is -0.339. The Morgan fingerprint density at radius 1 is 1.15 bits per heavy atom. The van der Waals surface area contributed by atoms with E-state index in [1.165, 1.54) is 19.8 Å². The molecule has 2 aliphatic rings. The lowest BCUT2D eigenvalue weighted by Crippen LogP contribution is -2.55. The van der Waals surface area contributed by atoms with Gasteiger partial charge < -0.3 is 21.1 Å². The summed E-state index contributed by atoms with van der Waals surface area (Å²) in [6.07, 6.45) is 3.90. The molecule has 0 unspecified atom stereocenters. The number of carbonyl (C=O) groups is 3. The van der Waals surface area contributed by atoms with Crippen LogP contribution in [0.5, 0.6) is 0 Å². The number of benzene rings is 1. The largest absolute Gasteiger partial charge is 0.480 e. The number of aliphatic carboxylic acids is 1. The van der Waals surface area contributed by atoms with E-state index >= 15 is 0 Å². The number of carboxylic acid groups (broad SMARTS) is 1. The van der Waals surface area contributed by atoms with Crippen LogP contribution >= 0.6 is 0 Å². The van der Waals surface area contributed by atoms with E-state index in [4.69, 9.17) is 5.11 Å². The molecule has 3 rings (SSSR count). The first-order chi connectivity index (χ1) is 12.9. The molecule has 2 fully saturated rings. The third-order valence-corrected chi connectivity index (χ3v) is 4.93. The summed E-state index contributed by atoms with van der Waals surface area (Å²) in [5.41, 5.74) is 1.21. The average molecular weight is 374 g/mol. The Hall–Kier alpha value is -2.61. The van der Waals surface area contributed by atoms with Gasteiger partial charge in [0.2, 0.25) is 5.91 Å². The second-order valence-corrected chi connectivity index (χ2v) is 7.45. The molecular weight excluding hydrogens is 348 g/mol. The highest BCUT2D eigenvalue weighted by Crippen LogP contribution is 2.33. The average Bonchev–Trinajstić information content (AvgIpc) is 3.33. The van der Waals surface area contributed by atoms with Gasteiger partial charge in [0, 0.05) is 36.9 Å². The summed E-state index contributed by atoms with van der Waals surface area (Å²) >= 11 is 0. The highest BCUT2D eigenvalue weighted by molar-refractivity contribution is 5.92. The lowest BCUT2D eigenvalue weighted by Gasteiger charge is -2.42. The van der Waals surface area contributed by atoms with Crippen LogP contribution in [0.3, 0.4) is 0 Å². The molecule has 146 valence electrons. The molecule has 27 heavy (non-hydrogen) atoms. The first-order valence-corrected chi connectivity index (χ1v) is 9.30. The van der Waals surface area contributed by atoms with Crippen molar-refractivity contribution in [2.24, 2.45) is 5.92 Å². The van der Waals surface area contributed by atoms with Crippen LogP contribution in [0.4, 0.5) is 16.2 Å². The molecule has 0 radical (unpaired) electrons. The zero-order valence-electron chi connectivity index (χ0n) is 15.4. The van der Waals surface area contributed by atoms with Crippen molar-refractivity contribution in [2.45, 2.75) is 44.7 Å². The van der Waals surface area contributed by atoms with Gasteiger partial charge in [-0.15, -0.1) is 0 Å². The number of hydrogen-bond acceptors (Lipinski definition) is 4. The molecule has 0 atom stereocenters. The minimum Gasteiger partial charge on any atom is -0.480 e. The summed E-state index contributed by atoms with van der Waals surface area (Å²) in [7, 11) is 0. The number of carboxylic acids is 1. The van der Waals surface area contributed by atoms with Crippen LogP contribution in [-0.2, 0) is 9.59 Å². The van der Waals surface area contributed by atoms with Crippen molar-refractivity contribution in [1.29, 1.82) is 0 Å². The number of nitrogens with one attached hydrogen (secondary N) is 3. The molecule has 8 nitrogen and oxygen atoms in total. The Morgan fingerprint density at radius 3 is 2.41 bits per heavy atom. The van der Waals surface area contributed by atoms with Gasteiger partial charge in [-0.05, 0) is 49.8 Å². The monoisotopic (exact) mass is 374 g/mol. The van der Waals surface area contributed by atoms with Crippen molar-refractivity contribution in [3.05, 3.63) is 24.3 Å². The van der Waals surface area contributed by atoms with E-state index in [1.807, 2.05) is 4.90 Å². The number of urea groups is 1. The van der Waals surface area contributed by atoms with Crippen molar-refractivity contribution >= 4 is 29.3 Å². The number of anilines is 2. The molecule has 0 aliphatic heterocycles. The van der Waals surface area contributed by atoms with E-state index in [-0.39, 0.29) is 30.6 Å². The van der Waals surface area contributed by atoms with Crippen molar-refractivity contribution in [3.8, 4) is 0 Å². The molecule has 0 saturated heterocycles. The standard InChI is InChI=1S/C19H26N4O4/c1-12(24)20-14-3-2-4-15(7-14)21-19(27)22-16-8-17(9-16)23(11-18(25)26)10-13-5-6-13/h2-4,7,13,16-17H,5-6,8-11H2,1H3,(H,20,24)(H,25,26)(H2,21,22,27). The first kappa shape index (κ1) is 19.2. The Labute approximate surface area is 158 Å². The molecule has 1 aromatic carbocycles. The predicted octanol–water partition coefficient (Wildman–Crippen LogP) is 2.09. The van der Waals surface area contributed by atoms with E-state index in [0.29, 0.717) is 17.3 Å². The highest BCUT2D eigenvalue weighted by atomic mass is 16.4. The third-order valence-electron chi connectivity index (χ3n) is 4.93. The molecule has 0 heterocycles. The quantitative estimate of drug-likeness (QED) is 0.557. The lowest BCUT2D eigenvalue weighted by atomic mass is 9.85. The normalized spacial score (nSPS) is 21.3. The second kappa shape index (κ2) is 8.39. The Kier molecular flexibility index (Phi) is 5.95. The van der Waals surface area contributed by atoms with Gasteiger partial charge in [0.1, 0.15) is 0 Å². The van der Waals surface area contributed by atoms with Gasteiger partial charge in [0.05, 0.1) is 6.54 Å². The molecular formula is C19H26N4O4. The second-order valence-electron chi connectivity index (χ2n) is 7.45. The van der Waals surface area contributed by atoms with Crippen LogP contribution in [0.2, 0.25) is 0 Å². The number of amides is 3. The SMILES string of the molecule is CC(=O)Nc1cccc(NC(=O)NC2CC(N(CC(=O)O)CC3CC3)C2)c1. The van der Waals surface area contributed by atoms with Gasteiger partial charge in [-0.1, -0.05) is 6.07 Å². The maximum atomic E-state index is 12.2. The Balaban J connectivity index is 1.44. The molecule has 2 aliphatic carbocycles. The summed E-state index contributed by atoms with van der Waals surface area (Å²) < 4.78 is 0. The first-order valence-electron chi connectivity index (χ1n) is 9.30. The zero-order chi connectivity index (χ0) is 19.4. The van der Waals surface area contributed by atoms with Crippen LogP contribution < -0.4 is 16.0 Å². The maximum absolute atomic E-state index is 12.2. The highest BCUT2D eigenvalue weighted by Gasteiger charge is 2.37.